The minimum atomic E-state index is 0.658. The van der Waals surface area contributed by atoms with Gasteiger partial charge in [0.25, 0.3) is 0 Å². The second-order valence-corrected chi connectivity index (χ2v) is 5.00. The van der Waals surface area contributed by atoms with Crippen LogP contribution in [0.1, 0.15) is 23.7 Å². The van der Waals surface area contributed by atoms with E-state index in [2.05, 4.69) is 27.4 Å². The van der Waals surface area contributed by atoms with Crippen molar-refractivity contribution in [1.82, 2.24) is 4.98 Å². The first kappa shape index (κ1) is 16.7. The lowest BCUT2D eigenvalue weighted by atomic mass is 10.0. The van der Waals surface area contributed by atoms with E-state index >= 15 is 0 Å². The Hall–Kier alpha value is -2.69. The van der Waals surface area contributed by atoms with Crippen molar-refractivity contribution in [3.63, 3.8) is 0 Å². The molecule has 0 N–H and O–H groups in total. The first-order chi connectivity index (χ1) is 11.2. The molecule has 2 rings (SSSR count). The number of benzene rings is 1. The van der Waals surface area contributed by atoms with Crippen LogP contribution in [0.5, 0.6) is 0 Å². The molecular formula is C18H21N3O2. The molecule has 1 aromatic carbocycles. The normalized spacial score (nSPS) is 12.1. The van der Waals surface area contributed by atoms with Crippen LogP contribution in [0.15, 0.2) is 59.0 Å². The standard InChI is InChI=1S/C18H21N3O2/c1-14(20-22-2)18(21-23-3)16-10-7-15(8-11-16)9-12-17-6-4-5-13-19-17/h4-8,10-11,13H,9,12H2,1-3H3. The molecule has 0 amide bonds. The molecule has 0 spiro atoms. The Morgan fingerprint density at radius 2 is 1.70 bits per heavy atom. The molecule has 5 nitrogen and oxygen atoms in total. The third-order valence-electron chi connectivity index (χ3n) is 3.38. The van der Waals surface area contributed by atoms with Crippen LogP contribution in [0.25, 0.3) is 0 Å². The summed E-state index contributed by atoms with van der Waals surface area (Å²) in [6.45, 7) is 1.83. The Balaban J connectivity index is 2.08. The van der Waals surface area contributed by atoms with E-state index in [9.17, 15) is 0 Å². The number of oxime groups is 2. The summed E-state index contributed by atoms with van der Waals surface area (Å²) in [5.74, 6) is 0. The Morgan fingerprint density at radius 3 is 2.30 bits per heavy atom. The second-order valence-electron chi connectivity index (χ2n) is 5.00. The van der Waals surface area contributed by atoms with Gasteiger partial charge in [-0.2, -0.15) is 0 Å². The van der Waals surface area contributed by atoms with Gasteiger partial charge in [0.1, 0.15) is 25.6 Å². The van der Waals surface area contributed by atoms with Crippen LogP contribution in [0.4, 0.5) is 0 Å². The Labute approximate surface area is 136 Å². The lowest BCUT2D eigenvalue weighted by Gasteiger charge is -2.07. The third-order valence-corrected chi connectivity index (χ3v) is 3.38. The van der Waals surface area contributed by atoms with Crippen molar-refractivity contribution >= 4 is 11.4 Å². The summed E-state index contributed by atoms with van der Waals surface area (Å²) in [7, 11) is 3.02. The van der Waals surface area contributed by atoms with E-state index in [1.165, 1.54) is 19.8 Å². The van der Waals surface area contributed by atoms with Gasteiger partial charge in [0, 0.05) is 17.5 Å². The molecule has 2 aromatic rings. The molecule has 0 aliphatic rings. The Morgan fingerprint density at radius 1 is 0.957 bits per heavy atom. The summed E-state index contributed by atoms with van der Waals surface area (Å²) in [4.78, 5) is 14.1. The zero-order valence-corrected chi connectivity index (χ0v) is 13.7. The van der Waals surface area contributed by atoms with E-state index in [1.54, 1.807) is 0 Å². The molecule has 0 aliphatic carbocycles. The highest BCUT2D eigenvalue weighted by Crippen LogP contribution is 2.10. The maximum atomic E-state index is 4.90. The van der Waals surface area contributed by atoms with Crippen molar-refractivity contribution in [2.75, 3.05) is 14.2 Å². The number of aryl methyl sites for hydroxylation is 2. The zero-order chi connectivity index (χ0) is 16.5. The van der Waals surface area contributed by atoms with Gasteiger partial charge in [-0.1, -0.05) is 40.6 Å². The highest BCUT2D eigenvalue weighted by Gasteiger charge is 2.09. The molecule has 1 aromatic heterocycles. The largest absolute Gasteiger partial charge is 0.399 e. The molecule has 23 heavy (non-hydrogen) atoms. The number of rotatable bonds is 7. The summed E-state index contributed by atoms with van der Waals surface area (Å²) < 4.78 is 0. The zero-order valence-electron chi connectivity index (χ0n) is 13.7. The molecular weight excluding hydrogens is 290 g/mol. The van der Waals surface area contributed by atoms with Gasteiger partial charge in [0.15, 0.2) is 0 Å². The molecule has 5 heteroatoms. The van der Waals surface area contributed by atoms with Crippen molar-refractivity contribution < 1.29 is 9.68 Å². The summed E-state index contributed by atoms with van der Waals surface area (Å²) in [6.07, 6.45) is 3.69. The van der Waals surface area contributed by atoms with Gasteiger partial charge < -0.3 is 9.68 Å². The van der Waals surface area contributed by atoms with E-state index < -0.39 is 0 Å². The van der Waals surface area contributed by atoms with E-state index in [0.29, 0.717) is 11.4 Å². The summed E-state index contributed by atoms with van der Waals surface area (Å²) >= 11 is 0. The first-order valence-corrected chi connectivity index (χ1v) is 7.43. The average Bonchev–Trinajstić information content (AvgIpc) is 2.59. The quantitative estimate of drug-likeness (QED) is 0.582. The van der Waals surface area contributed by atoms with Crippen molar-refractivity contribution in [2.45, 2.75) is 19.8 Å². The van der Waals surface area contributed by atoms with E-state index in [1.807, 2.05) is 43.5 Å². The van der Waals surface area contributed by atoms with Crippen LogP contribution >= 0.6 is 0 Å². The van der Waals surface area contributed by atoms with Gasteiger partial charge in [0.2, 0.25) is 0 Å². The van der Waals surface area contributed by atoms with E-state index in [-0.39, 0.29) is 0 Å². The Bertz CT molecular complexity index is 664. The van der Waals surface area contributed by atoms with Gasteiger partial charge in [0.05, 0.1) is 0 Å². The van der Waals surface area contributed by atoms with Crippen LogP contribution < -0.4 is 0 Å². The molecule has 0 saturated heterocycles. The van der Waals surface area contributed by atoms with Gasteiger partial charge in [-0.15, -0.1) is 0 Å². The lowest BCUT2D eigenvalue weighted by molar-refractivity contribution is 0.210. The van der Waals surface area contributed by atoms with Gasteiger partial charge in [-0.25, -0.2) is 0 Å². The monoisotopic (exact) mass is 311 g/mol. The fourth-order valence-electron chi connectivity index (χ4n) is 2.25. The number of hydrogen-bond acceptors (Lipinski definition) is 5. The minimum Gasteiger partial charge on any atom is -0.399 e. The van der Waals surface area contributed by atoms with E-state index in [0.717, 1.165) is 24.1 Å². The van der Waals surface area contributed by atoms with Gasteiger partial charge >= 0.3 is 0 Å². The smallest absolute Gasteiger partial charge is 0.134 e. The molecule has 1 heterocycles. The fourth-order valence-corrected chi connectivity index (χ4v) is 2.25. The van der Waals surface area contributed by atoms with E-state index in [4.69, 9.17) is 9.68 Å². The highest BCUT2D eigenvalue weighted by molar-refractivity contribution is 6.47. The lowest BCUT2D eigenvalue weighted by Crippen LogP contribution is -2.13. The minimum absolute atomic E-state index is 0.658. The molecule has 0 saturated carbocycles. The SMILES string of the molecule is CON=C(C)C(=NOC)c1ccc(CCc2ccccn2)cc1. The molecule has 0 fully saturated rings. The van der Waals surface area contributed by atoms with Gasteiger partial charge in [-0.3, -0.25) is 4.98 Å². The van der Waals surface area contributed by atoms with Crippen LogP contribution in [-0.4, -0.2) is 30.6 Å². The van der Waals surface area contributed by atoms with Crippen molar-refractivity contribution in [2.24, 2.45) is 10.3 Å². The summed E-state index contributed by atoms with van der Waals surface area (Å²) in [5.41, 5.74) is 4.60. The maximum Gasteiger partial charge on any atom is 0.134 e. The molecule has 0 aliphatic heterocycles. The van der Waals surface area contributed by atoms with Crippen LogP contribution in [0.2, 0.25) is 0 Å². The number of nitrogens with zero attached hydrogens (tertiary/aromatic N) is 3. The molecule has 0 atom stereocenters. The number of aromatic nitrogens is 1. The highest BCUT2D eigenvalue weighted by atomic mass is 16.6. The fraction of sp³-hybridized carbons (Fsp3) is 0.278. The Kier molecular flexibility index (Phi) is 6.29. The predicted molar refractivity (Wildman–Crippen MR) is 91.8 cm³/mol. The third kappa shape index (κ3) is 4.92. The molecule has 0 unspecified atom stereocenters. The summed E-state index contributed by atoms with van der Waals surface area (Å²) in [5, 5.41) is 7.95. The van der Waals surface area contributed by atoms with Crippen LogP contribution in [0, 0.1) is 0 Å². The van der Waals surface area contributed by atoms with Crippen molar-refractivity contribution in [3.8, 4) is 0 Å². The van der Waals surface area contributed by atoms with Crippen LogP contribution in [0.3, 0.4) is 0 Å². The second kappa shape index (κ2) is 8.68. The van der Waals surface area contributed by atoms with Gasteiger partial charge in [-0.05, 0) is 37.5 Å². The molecule has 0 radical (unpaired) electrons. The van der Waals surface area contributed by atoms with Crippen LogP contribution in [-0.2, 0) is 22.5 Å². The summed E-state index contributed by atoms with van der Waals surface area (Å²) in [6, 6.07) is 14.2. The average molecular weight is 311 g/mol. The topological polar surface area (TPSA) is 56.1 Å². The maximum absolute atomic E-state index is 4.90. The predicted octanol–water partition coefficient (Wildman–Crippen LogP) is 3.24. The number of pyridine rings is 1. The first-order valence-electron chi connectivity index (χ1n) is 7.43. The molecule has 120 valence electrons. The number of hydrogen-bond donors (Lipinski definition) is 0. The van der Waals surface area contributed by atoms with Crippen molar-refractivity contribution in [1.29, 1.82) is 0 Å². The molecule has 0 bridgehead atoms. The van der Waals surface area contributed by atoms with Crippen molar-refractivity contribution in [3.05, 3.63) is 65.5 Å².